The maximum atomic E-state index is 10.7. The van der Waals surface area contributed by atoms with Crippen molar-refractivity contribution in [3.63, 3.8) is 0 Å². The van der Waals surface area contributed by atoms with E-state index in [1.807, 2.05) is 30.3 Å². The van der Waals surface area contributed by atoms with Crippen LogP contribution in [0.15, 0.2) is 35.1 Å². The summed E-state index contributed by atoms with van der Waals surface area (Å²) in [5.74, 6) is -0.0427. The first kappa shape index (κ1) is 7.10. The largest absolute Gasteiger partial charge is 0.504 e. The van der Waals surface area contributed by atoms with Crippen LogP contribution in [0.3, 0.4) is 0 Å². The van der Waals surface area contributed by atoms with Crippen molar-refractivity contribution >= 4 is 0 Å². The van der Waals surface area contributed by atoms with Crippen molar-refractivity contribution in [3.05, 3.63) is 51.7 Å². The van der Waals surface area contributed by atoms with E-state index in [0.29, 0.717) is 12.0 Å². The van der Waals surface area contributed by atoms with Gasteiger partial charge in [-0.1, -0.05) is 30.3 Å². The third kappa shape index (κ3) is 1.11. The topological polar surface area (TPSA) is 37.3 Å². The van der Waals surface area contributed by atoms with Crippen LogP contribution in [0.25, 0.3) is 0 Å². The number of aromatic hydroxyl groups is 1. The molecule has 0 aliphatic heterocycles. The minimum Gasteiger partial charge on any atom is -0.504 e. The average Bonchev–Trinajstić information content (AvgIpc) is 2.65. The molecule has 0 saturated carbocycles. The van der Waals surface area contributed by atoms with Gasteiger partial charge in [-0.2, -0.15) is 0 Å². The van der Waals surface area contributed by atoms with E-state index in [4.69, 9.17) is 5.11 Å². The van der Waals surface area contributed by atoms with E-state index in [1.54, 1.807) is 0 Å². The lowest BCUT2D eigenvalue weighted by molar-refractivity contribution is 0.486. The number of benzene rings is 1. The Morgan fingerprint density at radius 1 is 1.17 bits per heavy atom. The highest BCUT2D eigenvalue weighted by Gasteiger charge is 2.20. The molecule has 0 bridgehead atoms. The van der Waals surface area contributed by atoms with Crippen molar-refractivity contribution in [1.29, 1.82) is 0 Å². The van der Waals surface area contributed by atoms with Crippen molar-refractivity contribution in [1.82, 2.24) is 0 Å². The van der Waals surface area contributed by atoms with Gasteiger partial charge in [0.15, 0.2) is 5.75 Å². The van der Waals surface area contributed by atoms with Gasteiger partial charge in [0.1, 0.15) is 0 Å². The summed E-state index contributed by atoms with van der Waals surface area (Å²) < 4.78 is 0. The van der Waals surface area contributed by atoms with Crippen LogP contribution < -0.4 is 5.43 Å². The summed E-state index contributed by atoms with van der Waals surface area (Å²) in [5.41, 5.74) is 1.44. The SMILES string of the molecule is O=c1c(O)c1Cc1ccccc1. The summed E-state index contributed by atoms with van der Waals surface area (Å²) in [6.45, 7) is 0. The van der Waals surface area contributed by atoms with Crippen LogP contribution in [0.4, 0.5) is 0 Å². The Morgan fingerprint density at radius 2 is 1.75 bits per heavy atom. The highest BCUT2D eigenvalue weighted by atomic mass is 16.3. The maximum Gasteiger partial charge on any atom is 0.227 e. The lowest BCUT2D eigenvalue weighted by Gasteiger charge is -1.92. The molecule has 0 saturated heterocycles. The second-order valence-corrected chi connectivity index (χ2v) is 2.82. The van der Waals surface area contributed by atoms with E-state index >= 15 is 0 Å². The van der Waals surface area contributed by atoms with Crippen molar-refractivity contribution in [2.75, 3.05) is 0 Å². The molecule has 0 heterocycles. The van der Waals surface area contributed by atoms with Gasteiger partial charge in [0, 0.05) is 6.42 Å². The second kappa shape index (κ2) is 2.48. The van der Waals surface area contributed by atoms with Crippen LogP contribution in [0.5, 0.6) is 5.75 Å². The minimum atomic E-state index is -0.182. The molecule has 0 aliphatic carbocycles. The molecule has 2 heteroatoms. The molecule has 0 aliphatic rings. The molecule has 0 aromatic heterocycles. The van der Waals surface area contributed by atoms with E-state index in [-0.39, 0.29) is 11.2 Å². The van der Waals surface area contributed by atoms with Crippen LogP contribution in [0.1, 0.15) is 11.1 Å². The molecule has 0 amide bonds. The summed E-state index contributed by atoms with van der Waals surface area (Å²) in [7, 11) is 0. The molecule has 0 fully saturated rings. The molecule has 0 spiro atoms. The van der Waals surface area contributed by atoms with Gasteiger partial charge in [-0.25, -0.2) is 0 Å². The minimum absolute atomic E-state index is 0.0427. The quantitative estimate of drug-likeness (QED) is 0.717. The lowest BCUT2D eigenvalue weighted by atomic mass is 10.1. The van der Waals surface area contributed by atoms with Crippen LogP contribution in [-0.2, 0) is 6.42 Å². The molecular weight excluding hydrogens is 152 g/mol. The highest BCUT2D eigenvalue weighted by Crippen LogP contribution is 2.20. The zero-order valence-electron chi connectivity index (χ0n) is 6.45. The van der Waals surface area contributed by atoms with Gasteiger partial charge in [-0.05, 0) is 5.56 Å². The Kier molecular flexibility index (Phi) is 1.47. The molecule has 2 nitrogen and oxygen atoms in total. The molecule has 2 rings (SSSR count). The zero-order chi connectivity index (χ0) is 8.55. The van der Waals surface area contributed by atoms with Gasteiger partial charge in [0.2, 0.25) is 5.43 Å². The van der Waals surface area contributed by atoms with Gasteiger partial charge in [0.05, 0.1) is 5.56 Å². The standard InChI is InChI=1S/C10H8O2/c11-9-8(10(9)12)6-7-4-2-1-3-5-7/h1-5,11H,6H2. The molecule has 0 unspecified atom stereocenters. The van der Waals surface area contributed by atoms with E-state index < -0.39 is 0 Å². The van der Waals surface area contributed by atoms with Gasteiger partial charge >= 0.3 is 0 Å². The van der Waals surface area contributed by atoms with Crippen molar-refractivity contribution in [2.45, 2.75) is 6.42 Å². The first-order chi connectivity index (χ1) is 5.79. The normalized spacial score (nSPS) is 10.7. The van der Waals surface area contributed by atoms with E-state index in [2.05, 4.69) is 0 Å². The van der Waals surface area contributed by atoms with Crippen molar-refractivity contribution in [2.24, 2.45) is 0 Å². The number of rotatable bonds is 2. The highest BCUT2D eigenvalue weighted by molar-refractivity contribution is 5.47. The van der Waals surface area contributed by atoms with Gasteiger partial charge in [-0.15, -0.1) is 0 Å². The van der Waals surface area contributed by atoms with Gasteiger partial charge in [0.25, 0.3) is 0 Å². The van der Waals surface area contributed by atoms with Gasteiger partial charge in [-0.3, -0.25) is 4.79 Å². The molecule has 0 radical (unpaired) electrons. The van der Waals surface area contributed by atoms with Crippen LogP contribution in [-0.4, -0.2) is 5.11 Å². The molecule has 0 atom stereocenters. The summed E-state index contributed by atoms with van der Waals surface area (Å²) in [6.07, 6.45) is 0.561. The Bertz CT molecular complexity index is 394. The number of hydrogen-bond acceptors (Lipinski definition) is 2. The van der Waals surface area contributed by atoms with Crippen LogP contribution in [0, 0.1) is 0 Å². The Labute approximate surface area is 69.8 Å². The van der Waals surface area contributed by atoms with Crippen molar-refractivity contribution in [3.8, 4) is 5.75 Å². The number of hydrogen-bond donors (Lipinski definition) is 1. The summed E-state index contributed by atoms with van der Waals surface area (Å²) >= 11 is 0. The first-order valence-electron chi connectivity index (χ1n) is 3.80. The smallest absolute Gasteiger partial charge is 0.227 e. The lowest BCUT2D eigenvalue weighted by Crippen LogP contribution is -1.85. The summed E-state index contributed by atoms with van der Waals surface area (Å²) in [4.78, 5) is 10.7. The molecule has 1 N–H and O–H groups in total. The predicted octanol–water partition coefficient (Wildman–Crippen LogP) is 1.22. The summed E-state index contributed by atoms with van der Waals surface area (Å²) in [6, 6.07) is 9.63. The molecule has 12 heavy (non-hydrogen) atoms. The fourth-order valence-corrected chi connectivity index (χ4v) is 1.16. The molecular formula is C10H8O2. The Hall–Kier alpha value is -1.57. The fourth-order valence-electron chi connectivity index (χ4n) is 1.16. The average molecular weight is 160 g/mol. The summed E-state index contributed by atoms with van der Waals surface area (Å²) in [5, 5.41) is 8.89. The van der Waals surface area contributed by atoms with Crippen LogP contribution in [0.2, 0.25) is 0 Å². The molecule has 2 aromatic rings. The predicted molar refractivity (Wildman–Crippen MR) is 46.0 cm³/mol. The Morgan fingerprint density at radius 3 is 2.25 bits per heavy atom. The Balaban J connectivity index is 2.16. The van der Waals surface area contributed by atoms with E-state index in [1.165, 1.54) is 0 Å². The molecule has 2 aromatic carbocycles. The van der Waals surface area contributed by atoms with Gasteiger partial charge < -0.3 is 5.11 Å². The third-order valence-electron chi connectivity index (χ3n) is 1.94. The van der Waals surface area contributed by atoms with Crippen LogP contribution >= 0.6 is 0 Å². The fraction of sp³-hybridized carbons (Fsp3) is 0.100. The molecule has 60 valence electrons. The second-order valence-electron chi connectivity index (χ2n) is 2.82. The first-order valence-corrected chi connectivity index (χ1v) is 3.80. The zero-order valence-corrected chi connectivity index (χ0v) is 6.45. The third-order valence-corrected chi connectivity index (χ3v) is 1.94. The van der Waals surface area contributed by atoms with Crippen molar-refractivity contribution < 1.29 is 5.11 Å². The maximum absolute atomic E-state index is 10.7. The van der Waals surface area contributed by atoms with E-state index in [9.17, 15) is 4.79 Å². The van der Waals surface area contributed by atoms with E-state index in [0.717, 1.165) is 5.56 Å². The monoisotopic (exact) mass is 160 g/mol.